The number of benzene rings is 1. The Balaban J connectivity index is 2.30. The summed E-state index contributed by atoms with van der Waals surface area (Å²) < 4.78 is 10.6. The van der Waals surface area contributed by atoms with Crippen LogP contribution in [0.5, 0.6) is 5.75 Å². The highest BCUT2D eigenvalue weighted by Crippen LogP contribution is 2.35. The second-order valence-corrected chi connectivity index (χ2v) is 4.70. The van der Waals surface area contributed by atoms with Gasteiger partial charge in [0.25, 0.3) is 0 Å². The third kappa shape index (κ3) is 2.88. The summed E-state index contributed by atoms with van der Waals surface area (Å²) in [7, 11) is 3.27. The number of carboxylic acids is 1. The second kappa shape index (κ2) is 6.04. The summed E-state index contributed by atoms with van der Waals surface area (Å²) in [5, 5.41) is 12.3. The maximum atomic E-state index is 11.0. The van der Waals surface area contributed by atoms with Gasteiger partial charge < -0.3 is 19.9 Å². The number of carboxylic acid groups (broad SMARTS) is 1. The lowest BCUT2D eigenvalue weighted by atomic mass is 9.95. The number of rotatable bonds is 5. The molecule has 104 valence electrons. The summed E-state index contributed by atoms with van der Waals surface area (Å²) >= 11 is 0. The van der Waals surface area contributed by atoms with Crippen molar-refractivity contribution in [2.24, 2.45) is 5.92 Å². The first kappa shape index (κ1) is 13.8. The Hall–Kier alpha value is -1.59. The molecule has 1 saturated heterocycles. The van der Waals surface area contributed by atoms with Crippen molar-refractivity contribution in [3.8, 4) is 5.75 Å². The molecule has 0 aliphatic carbocycles. The van der Waals surface area contributed by atoms with Crippen molar-refractivity contribution < 1.29 is 19.4 Å². The number of hydrogen-bond acceptors (Lipinski definition) is 4. The molecule has 0 saturated carbocycles. The minimum Gasteiger partial charge on any atom is -0.496 e. The number of methoxy groups -OCH3 is 2. The maximum Gasteiger partial charge on any atom is 0.307 e. The van der Waals surface area contributed by atoms with E-state index in [2.05, 4.69) is 5.32 Å². The molecule has 1 aliphatic heterocycles. The van der Waals surface area contributed by atoms with E-state index in [0.717, 1.165) is 16.9 Å². The molecule has 19 heavy (non-hydrogen) atoms. The highest BCUT2D eigenvalue weighted by molar-refractivity contribution is 5.71. The summed E-state index contributed by atoms with van der Waals surface area (Å²) in [6, 6.07) is 5.80. The average molecular weight is 265 g/mol. The topological polar surface area (TPSA) is 67.8 Å². The van der Waals surface area contributed by atoms with Crippen LogP contribution in [0, 0.1) is 5.92 Å². The number of hydrogen-bond donors (Lipinski definition) is 2. The molecule has 2 unspecified atom stereocenters. The van der Waals surface area contributed by atoms with Crippen LogP contribution in [0.4, 0.5) is 0 Å². The van der Waals surface area contributed by atoms with E-state index >= 15 is 0 Å². The van der Waals surface area contributed by atoms with Crippen LogP contribution >= 0.6 is 0 Å². The van der Waals surface area contributed by atoms with Gasteiger partial charge in [0.2, 0.25) is 0 Å². The number of carbonyl (C=O) groups is 1. The molecule has 0 spiro atoms. The van der Waals surface area contributed by atoms with E-state index in [0.29, 0.717) is 19.6 Å². The Morgan fingerprint density at radius 1 is 1.47 bits per heavy atom. The largest absolute Gasteiger partial charge is 0.496 e. The Kier molecular flexibility index (Phi) is 4.39. The molecule has 0 radical (unpaired) electrons. The molecule has 5 nitrogen and oxygen atoms in total. The molecule has 0 aromatic heterocycles. The minimum absolute atomic E-state index is 0.00222. The maximum absolute atomic E-state index is 11.0. The van der Waals surface area contributed by atoms with Crippen LogP contribution in [0.1, 0.15) is 23.6 Å². The van der Waals surface area contributed by atoms with Crippen molar-refractivity contribution in [3.05, 3.63) is 29.3 Å². The number of ether oxygens (including phenoxy) is 2. The Labute approximate surface area is 112 Å². The molecule has 0 amide bonds. The predicted molar refractivity (Wildman–Crippen MR) is 70.2 cm³/mol. The van der Waals surface area contributed by atoms with Crippen molar-refractivity contribution in [3.63, 3.8) is 0 Å². The summed E-state index contributed by atoms with van der Waals surface area (Å²) in [5.74, 6) is -0.318. The molecular formula is C14H19NO4. The van der Waals surface area contributed by atoms with Crippen molar-refractivity contribution in [1.82, 2.24) is 5.32 Å². The Morgan fingerprint density at radius 3 is 2.84 bits per heavy atom. The summed E-state index contributed by atoms with van der Waals surface area (Å²) in [6.45, 7) is 0.979. The summed E-state index contributed by atoms with van der Waals surface area (Å²) in [6.07, 6.45) is 0.576. The van der Waals surface area contributed by atoms with Crippen LogP contribution in [0.2, 0.25) is 0 Å². The van der Waals surface area contributed by atoms with Crippen LogP contribution in [0.3, 0.4) is 0 Å². The molecule has 0 bridgehead atoms. The first-order valence-electron chi connectivity index (χ1n) is 6.28. The fourth-order valence-corrected chi connectivity index (χ4v) is 2.59. The number of nitrogens with one attached hydrogen (secondary N) is 1. The highest BCUT2D eigenvalue weighted by atomic mass is 16.5. The van der Waals surface area contributed by atoms with E-state index in [9.17, 15) is 4.79 Å². The second-order valence-electron chi connectivity index (χ2n) is 4.70. The van der Waals surface area contributed by atoms with Gasteiger partial charge in [-0.3, -0.25) is 4.79 Å². The minimum atomic E-state index is -0.752. The lowest BCUT2D eigenvalue weighted by Gasteiger charge is -2.19. The van der Waals surface area contributed by atoms with Crippen LogP contribution in [0.15, 0.2) is 18.2 Å². The van der Waals surface area contributed by atoms with Gasteiger partial charge in [0.1, 0.15) is 5.75 Å². The molecule has 1 aromatic carbocycles. The molecule has 2 rings (SSSR count). The van der Waals surface area contributed by atoms with E-state index in [1.807, 2.05) is 18.2 Å². The van der Waals surface area contributed by atoms with Crippen LogP contribution < -0.4 is 10.1 Å². The average Bonchev–Trinajstić information content (AvgIpc) is 2.88. The SMILES string of the molecule is COCc1cccc(OC)c1C1CC(C(=O)O)CN1. The highest BCUT2D eigenvalue weighted by Gasteiger charge is 2.32. The zero-order chi connectivity index (χ0) is 13.8. The molecule has 1 heterocycles. The van der Waals surface area contributed by atoms with Gasteiger partial charge in [-0.2, -0.15) is 0 Å². The van der Waals surface area contributed by atoms with Gasteiger partial charge in [-0.05, 0) is 18.1 Å². The molecule has 2 atom stereocenters. The van der Waals surface area contributed by atoms with Gasteiger partial charge in [0.05, 0.1) is 19.6 Å². The van der Waals surface area contributed by atoms with E-state index in [4.69, 9.17) is 14.6 Å². The molecule has 1 fully saturated rings. The Bertz CT molecular complexity index is 461. The first-order chi connectivity index (χ1) is 9.17. The van der Waals surface area contributed by atoms with Gasteiger partial charge >= 0.3 is 5.97 Å². The van der Waals surface area contributed by atoms with Crippen LogP contribution in [0.25, 0.3) is 0 Å². The molecule has 2 N–H and O–H groups in total. The van der Waals surface area contributed by atoms with Gasteiger partial charge in [0, 0.05) is 25.3 Å². The van der Waals surface area contributed by atoms with Gasteiger partial charge in [-0.15, -0.1) is 0 Å². The molecule has 1 aliphatic rings. The zero-order valence-electron chi connectivity index (χ0n) is 11.2. The van der Waals surface area contributed by atoms with Gasteiger partial charge in [-0.1, -0.05) is 12.1 Å². The van der Waals surface area contributed by atoms with Crippen LogP contribution in [-0.2, 0) is 16.1 Å². The lowest BCUT2D eigenvalue weighted by Crippen LogP contribution is -2.18. The predicted octanol–water partition coefficient (Wildman–Crippen LogP) is 1.58. The molecule has 5 heteroatoms. The summed E-state index contributed by atoms with van der Waals surface area (Å²) in [5.41, 5.74) is 2.04. The van der Waals surface area contributed by atoms with Crippen molar-refractivity contribution in [2.75, 3.05) is 20.8 Å². The monoisotopic (exact) mass is 265 g/mol. The third-order valence-electron chi connectivity index (χ3n) is 3.50. The fourth-order valence-electron chi connectivity index (χ4n) is 2.59. The number of aliphatic carboxylic acids is 1. The van der Waals surface area contributed by atoms with E-state index in [1.54, 1.807) is 14.2 Å². The normalized spacial score (nSPS) is 22.4. The quantitative estimate of drug-likeness (QED) is 0.846. The first-order valence-corrected chi connectivity index (χ1v) is 6.28. The smallest absolute Gasteiger partial charge is 0.307 e. The zero-order valence-corrected chi connectivity index (χ0v) is 11.2. The third-order valence-corrected chi connectivity index (χ3v) is 3.50. The Morgan fingerprint density at radius 2 is 2.26 bits per heavy atom. The lowest BCUT2D eigenvalue weighted by molar-refractivity contribution is -0.141. The standard InChI is InChI=1S/C14H19NO4/c1-18-8-9-4-3-5-12(19-2)13(9)11-6-10(7-15-11)14(16)17/h3-5,10-11,15H,6-8H2,1-2H3,(H,16,17). The van der Waals surface area contributed by atoms with Gasteiger partial charge in [-0.25, -0.2) is 0 Å². The van der Waals surface area contributed by atoms with Crippen molar-refractivity contribution >= 4 is 5.97 Å². The van der Waals surface area contributed by atoms with E-state index < -0.39 is 5.97 Å². The summed E-state index contributed by atoms with van der Waals surface area (Å²) in [4.78, 5) is 11.0. The van der Waals surface area contributed by atoms with Crippen molar-refractivity contribution in [1.29, 1.82) is 0 Å². The van der Waals surface area contributed by atoms with Gasteiger partial charge in [0.15, 0.2) is 0 Å². The molecular weight excluding hydrogens is 246 g/mol. The van der Waals surface area contributed by atoms with E-state index in [-0.39, 0.29) is 12.0 Å². The van der Waals surface area contributed by atoms with E-state index in [1.165, 1.54) is 0 Å². The molecule has 1 aromatic rings. The van der Waals surface area contributed by atoms with Crippen LogP contribution in [-0.4, -0.2) is 31.8 Å². The van der Waals surface area contributed by atoms with Crippen molar-refractivity contribution in [2.45, 2.75) is 19.1 Å². The fraction of sp³-hybridized carbons (Fsp3) is 0.500.